The van der Waals surface area contributed by atoms with Crippen molar-refractivity contribution in [3.05, 3.63) is 35.4 Å². The molecule has 0 aliphatic heterocycles. The summed E-state index contributed by atoms with van der Waals surface area (Å²) < 4.78 is 5.21. The Morgan fingerprint density at radius 1 is 1.37 bits per heavy atom. The van der Waals surface area contributed by atoms with Crippen molar-refractivity contribution in [3.63, 3.8) is 0 Å². The maximum Gasteiger partial charge on any atom is 0.408 e. The number of carbonyl (C=O) groups excluding carboxylic acids is 1. The number of nitrogens with one attached hydrogen (secondary N) is 1. The van der Waals surface area contributed by atoms with E-state index in [2.05, 4.69) is 5.32 Å². The Labute approximate surface area is 119 Å². The Morgan fingerprint density at radius 3 is 2.47 bits per heavy atom. The topological polar surface area (TPSA) is 64.3 Å². The standard InChI is InChI=1S/C14H21ClN2O2/c1-9(17-13(18)19-14(2,3)4)10-6-5-7-11(8-10)12(15)16/h5-9,12H,16H2,1-4H3,(H,17,18). The largest absolute Gasteiger partial charge is 0.444 e. The van der Waals surface area contributed by atoms with Crippen LogP contribution in [0, 0.1) is 0 Å². The van der Waals surface area contributed by atoms with Crippen LogP contribution >= 0.6 is 11.6 Å². The number of benzene rings is 1. The Balaban J connectivity index is 2.70. The molecule has 3 N–H and O–H groups in total. The fourth-order valence-electron chi connectivity index (χ4n) is 1.57. The van der Waals surface area contributed by atoms with Gasteiger partial charge in [0.2, 0.25) is 0 Å². The molecule has 0 radical (unpaired) electrons. The van der Waals surface area contributed by atoms with Gasteiger partial charge in [0.1, 0.15) is 11.1 Å². The van der Waals surface area contributed by atoms with E-state index in [-0.39, 0.29) is 6.04 Å². The molecule has 19 heavy (non-hydrogen) atoms. The second-order valence-corrected chi connectivity index (χ2v) is 5.91. The van der Waals surface area contributed by atoms with Crippen LogP contribution in [0.25, 0.3) is 0 Å². The number of alkyl halides is 1. The third kappa shape index (κ3) is 5.49. The van der Waals surface area contributed by atoms with Crippen LogP contribution in [-0.4, -0.2) is 11.7 Å². The number of amides is 1. The second kappa shape index (κ2) is 6.26. The summed E-state index contributed by atoms with van der Waals surface area (Å²) in [5, 5.41) is 2.77. The van der Waals surface area contributed by atoms with Gasteiger partial charge >= 0.3 is 6.09 Å². The van der Waals surface area contributed by atoms with E-state index in [9.17, 15) is 4.79 Å². The van der Waals surface area contributed by atoms with Crippen molar-refractivity contribution < 1.29 is 9.53 Å². The van der Waals surface area contributed by atoms with Gasteiger partial charge in [-0.3, -0.25) is 0 Å². The van der Waals surface area contributed by atoms with Gasteiger partial charge in [-0.15, -0.1) is 11.6 Å². The molecular weight excluding hydrogens is 264 g/mol. The fraction of sp³-hybridized carbons (Fsp3) is 0.500. The first kappa shape index (κ1) is 15.8. The quantitative estimate of drug-likeness (QED) is 0.660. The molecule has 2 atom stereocenters. The van der Waals surface area contributed by atoms with Gasteiger partial charge in [-0.1, -0.05) is 24.3 Å². The maximum absolute atomic E-state index is 11.7. The first-order chi connectivity index (χ1) is 8.69. The SMILES string of the molecule is CC(NC(=O)OC(C)(C)C)c1cccc(C(N)Cl)c1. The number of carbonyl (C=O) groups is 1. The van der Waals surface area contributed by atoms with Crippen LogP contribution < -0.4 is 11.1 Å². The molecule has 0 saturated heterocycles. The van der Waals surface area contributed by atoms with Crippen LogP contribution in [0.1, 0.15) is 50.4 Å². The third-order valence-electron chi connectivity index (χ3n) is 2.46. The highest BCUT2D eigenvalue weighted by molar-refractivity contribution is 6.20. The van der Waals surface area contributed by atoms with E-state index in [1.807, 2.05) is 52.0 Å². The summed E-state index contributed by atoms with van der Waals surface area (Å²) >= 11 is 5.84. The number of halogens is 1. The van der Waals surface area contributed by atoms with E-state index < -0.39 is 17.2 Å². The minimum absolute atomic E-state index is 0.176. The number of ether oxygens (including phenoxy) is 1. The second-order valence-electron chi connectivity index (χ2n) is 5.44. The molecule has 1 rings (SSSR count). The van der Waals surface area contributed by atoms with Crippen LogP contribution in [0.4, 0.5) is 4.79 Å². The van der Waals surface area contributed by atoms with E-state index >= 15 is 0 Å². The highest BCUT2D eigenvalue weighted by Gasteiger charge is 2.18. The minimum atomic E-state index is -0.548. The van der Waals surface area contributed by atoms with Gasteiger partial charge < -0.3 is 15.8 Å². The smallest absolute Gasteiger partial charge is 0.408 e. The molecule has 0 saturated carbocycles. The van der Waals surface area contributed by atoms with Crippen molar-refractivity contribution in [2.24, 2.45) is 5.73 Å². The zero-order valence-electron chi connectivity index (χ0n) is 11.7. The molecular formula is C14H21ClN2O2. The summed E-state index contributed by atoms with van der Waals surface area (Å²) in [7, 11) is 0. The van der Waals surface area contributed by atoms with Crippen molar-refractivity contribution in [1.29, 1.82) is 0 Å². The molecule has 0 fully saturated rings. The summed E-state index contributed by atoms with van der Waals surface area (Å²) in [5.41, 5.74) is 6.31. The number of nitrogens with two attached hydrogens (primary N) is 1. The lowest BCUT2D eigenvalue weighted by Crippen LogP contribution is -2.34. The monoisotopic (exact) mass is 284 g/mol. The number of rotatable bonds is 3. The minimum Gasteiger partial charge on any atom is -0.444 e. The van der Waals surface area contributed by atoms with Crippen molar-refractivity contribution >= 4 is 17.7 Å². The number of hydrogen-bond donors (Lipinski definition) is 2. The Hall–Kier alpha value is -1.26. The van der Waals surface area contributed by atoms with Gasteiger partial charge in [-0.2, -0.15) is 0 Å². The Bertz CT molecular complexity index is 441. The van der Waals surface area contributed by atoms with Gasteiger partial charge in [-0.25, -0.2) is 4.79 Å². The van der Waals surface area contributed by atoms with Crippen LogP contribution in [0.5, 0.6) is 0 Å². The van der Waals surface area contributed by atoms with Gasteiger partial charge in [0, 0.05) is 0 Å². The van der Waals surface area contributed by atoms with Crippen molar-refractivity contribution in [2.75, 3.05) is 0 Å². The van der Waals surface area contributed by atoms with Gasteiger partial charge in [0.15, 0.2) is 0 Å². The lowest BCUT2D eigenvalue weighted by molar-refractivity contribution is 0.0508. The van der Waals surface area contributed by atoms with Crippen LogP contribution in [0.3, 0.4) is 0 Å². The number of alkyl carbamates (subject to hydrolysis) is 1. The molecule has 1 aromatic rings. The predicted molar refractivity (Wildman–Crippen MR) is 77.0 cm³/mol. The molecule has 0 aromatic heterocycles. The summed E-state index contributed by atoms with van der Waals surface area (Å²) in [6.07, 6.45) is -0.444. The number of hydrogen-bond acceptors (Lipinski definition) is 3. The lowest BCUT2D eigenvalue weighted by atomic mass is 10.1. The molecule has 106 valence electrons. The van der Waals surface area contributed by atoms with E-state index in [1.54, 1.807) is 0 Å². The molecule has 5 heteroatoms. The Morgan fingerprint density at radius 2 is 1.95 bits per heavy atom. The van der Waals surface area contributed by atoms with Gasteiger partial charge in [0.05, 0.1) is 6.04 Å². The van der Waals surface area contributed by atoms with E-state index in [0.29, 0.717) is 0 Å². The molecule has 0 heterocycles. The molecule has 0 aliphatic carbocycles. The highest BCUT2D eigenvalue weighted by atomic mass is 35.5. The molecule has 0 bridgehead atoms. The first-order valence-corrected chi connectivity index (χ1v) is 6.62. The molecule has 2 unspecified atom stereocenters. The normalized spacial score (nSPS) is 14.6. The van der Waals surface area contributed by atoms with Crippen molar-refractivity contribution in [2.45, 2.75) is 44.8 Å². The zero-order chi connectivity index (χ0) is 14.6. The van der Waals surface area contributed by atoms with Gasteiger partial charge in [-0.05, 0) is 38.8 Å². The summed E-state index contributed by atoms with van der Waals surface area (Å²) in [6.45, 7) is 7.35. The van der Waals surface area contributed by atoms with E-state index in [0.717, 1.165) is 11.1 Å². The van der Waals surface area contributed by atoms with Crippen LogP contribution in [0.15, 0.2) is 24.3 Å². The summed E-state index contributed by atoms with van der Waals surface area (Å²) in [4.78, 5) is 11.7. The molecule has 1 amide bonds. The maximum atomic E-state index is 11.7. The van der Waals surface area contributed by atoms with E-state index in [4.69, 9.17) is 22.1 Å². The van der Waals surface area contributed by atoms with Crippen molar-refractivity contribution in [3.8, 4) is 0 Å². The zero-order valence-corrected chi connectivity index (χ0v) is 12.5. The van der Waals surface area contributed by atoms with Gasteiger partial charge in [0.25, 0.3) is 0 Å². The summed E-state index contributed by atoms with van der Waals surface area (Å²) in [6, 6.07) is 7.32. The molecule has 4 nitrogen and oxygen atoms in total. The average Bonchev–Trinajstić information content (AvgIpc) is 2.26. The fourth-order valence-corrected chi connectivity index (χ4v) is 1.70. The average molecular weight is 285 g/mol. The third-order valence-corrected chi connectivity index (χ3v) is 2.71. The predicted octanol–water partition coefficient (Wildman–Crippen LogP) is 3.47. The van der Waals surface area contributed by atoms with Crippen molar-refractivity contribution in [1.82, 2.24) is 5.32 Å². The summed E-state index contributed by atoms with van der Waals surface area (Å²) in [5.74, 6) is 0. The van der Waals surface area contributed by atoms with Crippen LogP contribution in [-0.2, 0) is 4.74 Å². The highest BCUT2D eigenvalue weighted by Crippen LogP contribution is 2.20. The van der Waals surface area contributed by atoms with E-state index in [1.165, 1.54) is 0 Å². The first-order valence-electron chi connectivity index (χ1n) is 6.18. The van der Waals surface area contributed by atoms with Crippen LogP contribution in [0.2, 0.25) is 0 Å². The molecule has 0 spiro atoms. The lowest BCUT2D eigenvalue weighted by Gasteiger charge is -2.22. The molecule has 0 aliphatic rings. The Kier molecular flexibility index (Phi) is 5.20. The molecule has 1 aromatic carbocycles.